The number of carbonyl (C=O) groups is 1. The molecule has 1 saturated heterocycles. The predicted octanol–water partition coefficient (Wildman–Crippen LogP) is 0.780. The minimum absolute atomic E-state index is 0.185. The van der Waals surface area contributed by atoms with Crippen LogP contribution in [0.25, 0.3) is 0 Å². The molecule has 0 aliphatic carbocycles. The number of hydrogen-bond donors (Lipinski definition) is 3. The Morgan fingerprint density at radius 3 is 2.95 bits per heavy atom. The smallest absolute Gasteiger partial charge is 0.271 e. The molecule has 104 valence electrons. The summed E-state index contributed by atoms with van der Waals surface area (Å²) in [6, 6.07) is 3.98. The van der Waals surface area contributed by atoms with Crippen molar-refractivity contribution < 1.29 is 4.79 Å². The fourth-order valence-corrected chi connectivity index (χ4v) is 2.12. The molecule has 0 bridgehead atoms. The summed E-state index contributed by atoms with van der Waals surface area (Å²) in [6.07, 6.45) is 3.73. The van der Waals surface area contributed by atoms with Crippen LogP contribution < -0.4 is 16.0 Å². The van der Waals surface area contributed by atoms with E-state index in [0.717, 1.165) is 13.1 Å². The summed E-state index contributed by atoms with van der Waals surface area (Å²) in [5, 5.41) is 17.3. The van der Waals surface area contributed by atoms with Crippen molar-refractivity contribution in [3.8, 4) is 0 Å². The van der Waals surface area contributed by atoms with Gasteiger partial charge in [0.2, 0.25) is 0 Å². The van der Waals surface area contributed by atoms with Crippen molar-refractivity contribution in [2.45, 2.75) is 32.2 Å². The molecule has 1 atom stereocenters. The van der Waals surface area contributed by atoms with Crippen LogP contribution in [0.5, 0.6) is 0 Å². The molecule has 1 unspecified atom stereocenters. The van der Waals surface area contributed by atoms with Crippen LogP contribution in [0.1, 0.15) is 36.7 Å². The second-order valence-electron chi connectivity index (χ2n) is 4.69. The lowest BCUT2D eigenvalue weighted by Gasteiger charge is -2.23. The molecule has 1 aromatic heterocycles. The lowest BCUT2D eigenvalue weighted by atomic mass is 10.1. The molecule has 1 fully saturated rings. The van der Waals surface area contributed by atoms with Crippen molar-refractivity contribution in [1.82, 2.24) is 20.8 Å². The molecule has 6 nitrogen and oxygen atoms in total. The molecule has 3 N–H and O–H groups in total. The van der Waals surface area contributed by atoms with Gasteiger partial charge in [0.1, 0.15) is 5.82 Å². The van der Waals surface area contributed by atoms with Gasteiger partial charge in [0.25, 0.3) is 5.91 Å². The fraction of sp³-hybridized carbons (Fsp3) is 0.615. The Bertz CT molecular complexity index is 400. The third-order valence-electron chi connectivity index (χ3n) is 3.18. The topological polar surface area (TPSA) is 78.9 Å². The van der Waals surface area contributed by atoms with Gasteiger partial charge in [-0.1, -0.05) is 6.42 Å². The zero-order valence-corrected chi connectivity index (χ0v) is 11.3. The molecule has 1 aliphatic heterocycles. The molecule has 2 rings (SSSR count). The Balaban J connectivity index is 1.82. The highest BCUT2D eigenvalue weighted by Crippen LogP contribution is 2.08. The van der Waals surface area contributed by atoms with Crippen LogP contribution in [0.2, 0.25) is 0 Å². The van der Waals surface area contributed by atoms with Crippen molar-refractivity contribution in [3.63, 3.8) is 0 Å². The predicted molar refractivity (Wildman–Crippen MR) is 74.2 cm³/mol. The normalized spacial score (nSPS) is 18.9. The van der Waals surface area contributed by atoms with Gasteiger partial charge >= 0.3 is 0 Å². The van der Waals surface area contributed by atoms with Crippen LogP contribution in [-0.4, -0.2) is 41.8 Å². The zero-order valence-electron chi connectivity index (χ0n) is 11.3. The van der Waals surface area contributed by atoms with Gasteiger partial charge in [-0.25, -0.2) is 0 Å². The van der Waals surface area contributed by atoms with Crippen molar-refractivity contribution in [1.29, 1.82) is 0 Å². The van der Waals surface area contributed by atoms with Crippen LogP contribution in [0.15, 0.2) is 12.1 Å². The molecular weight excluding hydrogens is 242 g/mol. The maximum absolute atomic E-state index is 11.5. The first-order valence-electron chi connectivity index (χ1n) is 6.88. The van der Waals surface area contributed by atoms with Crippen LogP contribution in [0, 0.1) is 0 Å². The minimum Gasteiger partial charge on any atom is -0.367 e. The summed E-state index contributed by atoms with van der Waals surface area (Å²) in [4.78, 5) is 11.5. The Morgan fingerprint density at radius 2 is 2.32 bits per heavy atom. The van der Waals surface area contributed by atoms with E-state index in [9.17, 15) is 4.79 Å². The highest BCUT2D eigenvalue weighted by atomic mass is 16.1. The van der Waals surface area contributed by atoms with Gasteiger partial charge in [-0.3, -0.25) is 4.79 Å². The Labute approximate surface area is 113 Å². The Morgan fingerprint density at radius 1 is 1.42 bits per heavy atom. The van der Waals surface area contributed by atoms with Gasteiger partial charge in [-0.15, -0.1) is 10.2 Å². The first-order valence-corrected chi connectivity index (χ1v) is 6.88. The SMILES string of the molecule is CCNC(=O)c1ccc(NCC2CCCCN2)nn1. The first kappa shape index (κ1) is 13.7. The maximum Gasteiger partial charge on any atom is 0.271 e. The van der Waals surface area contributed by atoms with Gasteiger partial charge in [-0.05, 0) is 38.4 Å². The molecule has 1 amide bonds. The van der Waals surface area contributed by atoms with Crippen molar-refractivity contribution >= 4 is 11.7 Å². The standard InChI is InChI=1S/C13H21N5O/c1-2-14-13(19)11-6-7-12(18-17-11)16-9-10-5-3-4-8-15-10/h6-7,10,15H,2-5,8-9H2,1H3,(H,14,19)(H,16,18). The molecular formula is C13H21N5O. The maximum atomic E-state index is 11.5. The van der Waals surface area contributed by atoms with Crippen molar-refractivity contribution in [2.75, 3.05) is 25.0 Å². The molecule has 0 spiro atoms. The second-order valence-corrected chi connectivity index (χ2v) is 4.69. The van der Waals surface area contributed by atoms with E-state index in [1.165, 1.54) is 19.3 Å². The molecule has 2 heterocycles. The van der Waals surface area contributed by atoms with Crippen LogP contribution in [0.3, 0.4) is 0 Å². The number of aromatic nitrogens is 2. The highest BCUT2D eigenvalue weighted by molar-refractivity contribution is 5.92. The second kappa shape index (κ2) is 7.04. The van der Waals surface area contributed by atoms with E-state index in [1.54, 1.807) is 12.1 Å². The molecule has 0 aromatic carbocycles. The van der Waals surface area contributed by atoms with Gasteiger partial charge < -0.3 is 16.0 Å². The third kappa shape index (κ3) is 4.17. The molecule has 6 heteroatoms. The van der Waals surface area contributed by atoms with Gasteiger partial charge in [-0.2, -0.15) is 0 Å². The summed E-state index contributed by atoms with van der Waals surface area (Å²) in [7, 11) is 0. The van der Waals surface area contributed by atoms with Crippen LogP contribution >= 0.6 is 0 Å². The summed E-state index contributed by atoms with van der Waals surface area (Å²) in [5.74, 6) is 0.524. The monoisotopic (exact) mass is 263 g/mol. The van der Waals surface area contributed by atoms with Crippen molar-refractivity contribution in [3.05, 3.63) is 17.8 Å². The highest BCUT2D eigenvalue weighted by Gasteiger charge is 2.12. The number of rotatable bonds is 5. The van der Waals surface area contributed by atoms with E-state index in [-0.39, 0.29) is 5.91 Å². The molecule has 1 aliphatic rings. The van der Waals surface area contributed by atoms with E-state index in [4.69, 9.17) is 0 Å². The quantitative estimate of drug-likeness (QED) is 0.731. The number of hydrogen-bond acceptors (Lipinski definition) is 5. The van der Waals surface area contributed by atoms with E-state index in [2.05, 4.69) is 26.1 Å². The Hall–Kier alpha value is -1.69. The molecule has 0 radical (unpaired) electrons. The zero-order chi connectivity index (χ0) is 13.5. The fourth-order valence-electron chi connectivity index (χ4n) is 2.12. The number of piperidine rings is 1. The summed E-state index contributed by atoms with van der Waals surface area (Å²) in [6.45, 7) is 4.40. The van der Waals surface area contributed by atoms with Crippen molar-refractivity contribution in [2.24, 2.45) is 0 Å². The number of nitrogens with one attached hydrogen (secondary N) is 3. The number of anilines is 1. The summed E-state index contributed by atoms with van der Waals surface area (Å²) in [5.41, 5.74) is 0.350. The Kier molecular flexibility index (Phi) is 5.09. The first-order chi connectivity index (χ1) is 9.29. The van der Waals surface area contributed by atoms with E-state index < -0.39 is 0 Å². The third-order valence-corrected chi connectivity index (χ3v) is 3.18. The van der Waals surface area contributed by atoms with Gasteiger partial charge in [0, 0.05) is 19.1 Å². The minimum atomic E-state index is -0.185. The van der Waals surface area contributed by atoms with Gasteiger partial charge in [0.05, 0.1) is 0 Å². The molecule has 0 saturated carbocycles. The summed E-state index contributed by atoms with van der Waals surface area (Å²) >= 11 is 0. The number of amides is 1. The van der Waals surface area contributed by atoms with Gasteiger partial charge in [0.15, 0.2) is 5.69 Å². The average Bonchev–Trinajstić information content (AvgIpc) is 2.47. The number of carbonyl (C=O) groups excluding carboxylic acids is 1. The van der Waals surface area contributed by atoms with E-state index >= 15 is 0 Å². The molecule has 1 aromatic rings. The van der Waals surface area contributed by atoms with E-state index in [1.807, 2.05) is 6.92 Å². The average molecular weight is 263 g/mol. The van der Waals surface area contributed by atoms with E-state index in [0.29, 0.717) is 24.1 Å². The van der Waals surface area contributed by atoms with Crippen LogP contribution in [-0.2, 0) is 0 Å². The molecule has 19 heavy (non-hydrogen) atoms. The lowest BCUT2D eigenvalue weighted by Crippen LogP contribution is -2.39. The van der Waals surface area contributed by atoms with Crippen LogP contribution in [0.4, 0.5) is 5.82 Å². The number of nitrogens with zero attached hydrogens (tertiary/aromatic N) is 2. The lowest BCUT2D eigenvalue weighted by molar-refractivity contribution is 0.0950. The largest absolute Gasteiger partial charge is 0.367 e. The summed E-state index contributed by atoms with van der Waals surface area (Å²) < 4.78 is 0.